The summed E-state index contributed by atoms with van der Waals surface area (Å²) in [6, 6.07) is 7.96. The first kappa shape index (κ1) is 18.1. The maximum atomic E-state index is 12.9. The van der Waals surface area contributed by atoms with Crippen LogP contribution in [0, 0.1) is 23.2 Å². The number of fused-ring (bicyclic) bond motifs is 4. The van der Waals surface area contributed by atoms with Gasteiger partial charge in [0, 0.05) is 6.04 Å². The molecule has 4 aromatic rings. The van der Waals surface area contributed by atoms with Gasteiger partial charge in [-0.3, -0.25) is 4.79 Å². The first-order chi connectivity index (χ1) is 14.4. The maximum absolute atomic E-state index is 12.9. The van der Waals surface area contributed by atoms with Crippen molar-refractivity contribution >= 4 is 38.6 Å². The van der Waals surface area contributed by atoms with Crippen LogP contribution in [0.15, 0.2) is 35.4 Å². The highest BCUT2D eigenvalue weighted by atomic mass is 32.1. The molecule has 4 atom stereocenters. The molecule has 3 aromatic heterocycles. The molecule has 8 heteroatoms. The van der Waals surface area contributed by atoms with Crippen LogP contribution in [0.4, 0.5) is 5.82 Å². The fraction of sp³-hybridized carbons (Fsp3) is 0.455. The largest absolute Gasteiger partial charge is 0.365 e. The Morgan fingerprint density at radius 2 is 2.07 bits per heavy atom. The number of rotatable bonds is 3. The number of anilines is 1. The van der Waals surface area contributed by atoms with E-state index in [2.05, 4.69) is 41.0 Å². The van der Waals surface area contributed by atoms with E-state index in [0.717, 1.165) is 34.3 Å². The van der Waals surface area contributed by atoms with Gasteiger partial charge in [-0.2, -0.15) is 13.9 Å². The van der Waals surface area contributed by atoms with Gasteiger partial charge in [0.05, 0.1) is 16.4 Å². The SMILES string of the molecule is C[C@@H]1C(Nc2nc(-n3sc4ccccc4c3=O)nc3nc[nH]c23)C[C@H]2C[C@@H]1C2(C)C. The van der Waals surface area contributed by atoms with Gasteiger partial charge in [0.25, 0.3) is 11.5 Å². The van der Waals surface area contributed by atoms with Crippen LogP contribution in [0.3, 0.4) is 0 Å². The third kappa shape index (κ3) is 2.43. The highest BCUT2D eigenvalue weighted by molar-refractivity contribution is 7.14. The lowest BCUT2D eigenvalue weighted by molar-refractivity contribution is -0.105. The van der Waals surface area contributed by atoms with Crippen LogP contribution >= 0.6 is 11.5 Å². The van der Waals surface area contributed by atoms with E-state index in [4.69, 9.17) is 4.98 Å². The fourth-order valence-electron chi connectivity index (χ4n) is 5.64. The molecule has 0 radical (unpaired) electrons. The monoisotopic (exact) mass is 420 g/mol. The molecule has 0 aliphatic heterocycles. The van der Waals surface area contributed by atoms with Crippen LogP contribution in [0.25, 0.3) is 27.2 Å². The number of benzene rings is 1. The van der Waals surface area contributed by atoms with Crippen LogP contribution < -0.4 is 10.9 Å². The van der Waals surface area contributed by atoms with Crippen LogP contribution in [0.2, 0.25) is 0 Å². The molecule has 30 heavy (non-hydrogen) atoms. The van der Waals surface area contributed by atoms with Crippen molar-refractivity contribution in [3.05, 3.63) is 40.9 Å². The Hall–Kier alpha value is -2.74. The molecule has 7 rings (SSSR count). The zero-order valence-corrected chi connectivity index (χ0v) is 18.0. The Labute approximate surface area is 177 Å². The van der Waals surface area contributed by atoms with Crippen molar-refractivity contribution in [2.45, 2.75) is 39.7 Å². The van der Waals surface area contributed by atoms with E-state index >= 15 is 0 Å². The number of aromatic nitrogens is 5. The number of H-pyrrole nitrogens is 1. The van der Waals surface area contributed by atoms with Gasteiger partial charge in [-0.1, -0.05) is 32.9 Å². The number of hydrogen-bond donors (Lipinski definition) is 2. The van der Waals surface area contributed by atoms with Gasteiger partial charge in [0.2, 0.25) is 0 Å². The van der Waals surface area contributed by atoms with Crippen molar-refractivity contribution in [3.63, 3.8) is 0 Å². The van der Waals surface area contributed by atoms with E-state index in [1.54, 1.807) is 10.3 Å². The number of hydrogen-bond acceptors (Lipinski definition) is 6. The number of aromatic amines is 1. The van der Waals surface area contributed by atoms with Crippen LogP contribution in [0.5, 0.6) is 0 Å². The molecule has 154 valence electrons. The summed E-state index contributed by atoms with van der Waals surface area (Å²) >= 11 is 1.36. The molecule has 3 heterocycles. The van der Waals surface area contributed by atoms with Gasteiger partial charge in [-0.15, -0.1) is 0 Å². The first-order valence-corrected chi connectivity index (χ1v) is 11.3. The summed E-state index contributed by atoms with van der Waals surface area (Å²) in [5.41, 5.74) is 1.70. The molecule has 1 unspecified atom stereocenters. The van der Waals surface area contributed by atoms with E-state index in [9.17, 15) is 4.79 Å². The summed E-state index contributed by atoms with van der Waals surface area (Å²) in [5, 5.41) is 4.37. The minimum absolute atomic E-state index is 0.0922. The molecule has 3 saturated carbocycles. The van der Waals surface area contributed by atoms with Crippen LogP contribution in [0.1, 0.15) is 33.6 Å². The van der Waals surface area contributed by atoms with Crippen molar-refractivity contribution in [1.82, 2.24) is 23.9 Å². The molecule has 0 saturated heterocycles. The smallest absolute Gasteiger partial charge is 0.275 e. The molecule has 0 spiro atoms. The topological polar surface area (TPSA) is 88.5 Å². The maximum Gasteiger partial charge on any atom is 0.275 e. The Bertz CT molecular complexity index is 1330. The van der Waals surface area contributed by atoms with Crippen LogP contribution in [-0.2, 0) is 0 Å². The van der Waals surface area contributed by atoms with Gasteiger partial charge in [0.15, 0.2) is 11.5 Å². The highest BCUT2D eigenvalue weighted by Crippen LogP contribution is 2.61. The summed E-state index contributed by atoms with van der Waals surface area (Å²) in [5.74, 6) is 3.15. The number of imidazole rings is 1. The van der Waals surface area contributed by atoms with E-state index in [1.165, 1.54) is 18.0 Å². The van der Waals surface area contributed by atoms with Gasteiger partial charge >= 0.3 is 0 Å². The molecule has 7 nitrogen and oxygen atoms in total. The zero-order chi connectivity index (χ0) is 20.6. The standard InChI is InChI=1S/C22H24N6OS/c1-11-14-8-12(22(14,2)3)9-15(11)25-19-17-18(24-10-23-17)26-21(27-19)28-20(29)13-6-4-5-7-16(13)30-28/h4-7,10-12,14-15H,8-9H2,1-3H3,(H2,23,24,25,26,27)/t11-,12+,14-,15?/m0/s1. The summed E-state index contributed by atoms with van der Waals surface area (Å²) in [6.07, 6.45) is 4.10. The highest BCUT2D eigenvalue weighted by Gasteiger charge is 2.56. The first-order valence-electron chi connectivity index (χ1n) is 10.5. The Balaban J connectivity index is 1.42. The van der Waals surface area contributed by atoms with Crippen LogP contribution in [-0.4, -0.2) is 29.9 Å². The van der Waals surface area contributed by atoms with Gasteiger partial charge in [-0.25, -0.2) is 4.98 Å². The van der Waals surface area contributed by atoms with Crippen molar-refractivity contribution in [2.24, 2.45) is 23.2 Å². The van der Waals surface area contributed by atoms with Crippen molar-refractivity contribution < 1.29 is 0 Å². The van der Waals surface area contributed by atoms with E-state index in [-0.39, 0.29) is 5.56 Å². The average molecular weight is 421 g/mol. The quantitative estimate of drug-likeness (QED) is 0.519. The van der Waals surface area contributed by atoms with Gasteiger partial charge in [0.1, 0.15) is 5.52 Å². The van der Waals surface area contributed by atoms with Crippen molar-refractivity contribution in [3.8, 4) is 5.95 Å². The second kappa shape index (κ2) is 6.14. The van der Waals surface area contributed by atoms with Gasteiger partial charge < -0.3 is 10.3 Å². The van der Waals surface area contributed by atoms with E-state index in [0.29, 0.717) is 34.4 Å². The predicted octanol–water partition coefficient (Wildman–Crippen LogP) is 4.20. The van der Waals surface area contributed by atoms with E-state index < -0.39 is 0 Å². The lowest BCUT2D eigenvalue weighted by Crippen LogP contribution is -2.58. The second-order valence-corrected chi connectivity index (χ2v) is 10.4. The minimum atomic E-state index is -0.0922. The molecule has 3 aliphatic rings. The zero-order valence-electron chi connectivity index (χ0n) is 17.2. The number of nitrogens with zero attached hydrogens (tertiary/aromatic N) is 4. The Kier molecular flexibility index (Phi) is 3.69. The van der Waals surface area contributed by atoms with Crippen molar-refractivity contribution in [2.75, 3.05) is 5.32 Å². The van der Waals surface area contributed by atoms with Crippen molar-refractivity contribution in [1.29, 1.82) is 0 Å². The molecule has 0 amide bonds. The molecule has 2 N–H and O–H groups in total. The second-order valence-electron chi connectivity index (χ2n) is 9.37. The molecule has 3 aliphatic carbocycles. The normalized spacial score (nSPS) is 27.3. The Morgan fingerprint density at radius 3 is 2.83 bits per heavy atom. The lowest BCUT2D eigenvalue weighted by Gasteiger charge is -2.62. The van der Waals surface area contributed by atoms with Gasteiger partial charge in [-0.05, 0) is 59.7 Å². The third-order valence-corrected chi connectivity index (χ3v) is 8.69. The lowest BCUT2D eigenvalue weighted by atomic mass is 9.45. The number of nitrogens with one attached hydrogen (secondary N) is 2. The molecule has 1 aromatic carbocycles. The summed E-state index contributed by atoms with van der Waals surface area (Å²) in [4.78, 5) is 29.8. The molecular formula is C22H24N6OS. The minimum Gasteiger partial charge on any atom is -0.365 e. The van der Waals surface area contributed by atoms with E-state index in [1.807, 2.05) is 24.3 Å². The summed E-state index contributed by atoms with van der Waals surface area (Å²) in [7, 11) is 0. The fourth-order valence-corrected chi connectivity index (χ4v) is 6.57. The average Bonchev–Trinajstić information content (AvgIpc) is 3.34. The molecule has 2 bridgehead atoms. The molecule has 3 fully saturated rings. The molecular weight excluding hydrogens is 396 g/mol. The predicted molar refractivity (Wildman–Crippen MR) is 119 cm³/mol. The summed E-state index contributed by atoms with van der Waals surface area (Å²) in [6.45, 7) is 7.16. The third-order valence-electron chi connectivity index (χ3n) is 7.62. The summed E-state index contributed by atoms with van der Waals surface area (Å²) < 4.78 is 2.49. The Morgan fingerprint density at radius 1 is 1.23 bits per heavy atom.